The fraction of sp³-hybridized carbons (Fsp3) is 0.167. The lowest BCUT2D eigenvalue weighted by atomic mass is 10.0. The Hall–Kier alpha value is -2.93. The summed E-state index contributed by atoms with van der Waals surface area (Å²) in [6.45, 7) is 5.93. The number of ether oxygens (including phenoxy) is 1. The summed E-state index contributed by atoms with van der Waals surface area (Å²) in [5.74, 6) is -0.267. The number of primary amides is 1. The quantitative estimate of drug-likeness (QED) is 0.744. The predicted molar refractivity (Wildman–Crippen MR) is 98.4 cm³/mol. The van der Waals surface area contributed by atoms with Crippen LogP contribution in [0, 0.1) is 20.8 Å². The number of nitrogens with two attached hydrogens (primary N) is 1. The van der Waals surface area contributed by atoms with Gasteiger partial charge in [-0.2, -0.15) is 0 Å². The van der Waals surface area contributed by atoms with E-state index in [9.17, 15) is 9.59 Å². The maximum Gasteiger partial charge on any atom is 0.411 e. The van der Waals surface area contributed by atoms with Crippen LogP contribution in [0.3, 0.4) is 0 Å². The molecule has 1 aromatic heterocycles. The Kier molecular flexibility index (Phi) is 4.41. The van der Waals surface area contributed by atoms with Gasteiger partial charge in [0.15, 0.2) is 0 Å². The molecule has 0 atom stereocenters. The Labute approximate surface area is 148 Å². The molecule has 0 bridgehead atoms. The highest BCUT2D eigenvalue weighted by atomic mass is 32.1. The van der Waals surface area contributed by atoms with E-state index in [1.54, 1.807) is 18.2 Å². The smallest absolute Gasteiger partial charge is 0.381 e. The van der Waals surface area contributed by atoms with Crippen LogP contribution in [0.2, 0.25) is 0 Å². The van der Waals surface area contributed by atoms with Crippen LogP contribution in [0.15, 0.2) is 30.3 Å². The Morgan fingerprint density at radius 2 is 1.84 bits per heavy atom. The number of hydrogen-bond donors (Lipinski definition) is 2. The average molecular weight is 355 g/mol. The third-order valence-corrected chi connectivity index (χ3v) is 4.65. The zero-order chi connectivity index (χ0) is 18.1. The lowest BCUT2D eigenvalue weighted by Gasteiger charge is -2.13. The molecule has 0 spiro atoms. The summed E-state index contributed by atoms with van der Waals surface area (Å²) in [6.07, 6.45) is -0.934. The molecule has 0 aliphatic heterocycles. The average Bonchev–Trinajstić information content (AvgIpc) is 2.91. The van der Waals surface area contributed by atoms with Crippen LogP contribution in [-0.4, -0.2) is 17.0 Å². The third-order valence-electron chi connectivity index (χ3n) is 3.75. The fourth-order valence-corrected chi connectivity index (χ4v) is 3.65. The number of para-hydroxylation sites is 1. The van der Waals surface area contributed by atoms with E-state index in [0.717, 1.165) is 38.4 Å². The van der Waals surface area contributed by atoms with Gasteiger partial charge >= 0.3 is 6.09 Å². The summed E-state index contributed by atoms with van der Waals surface area (Å²) in [4.78, 5) is 27.9. The van der Waals surface area contributed by atoms with Crippen LogP contribution >= 0.6 is 11.3 Å². The Morgan fingerprint density at radius 1 is 1.16 bits per heavy atom. The molecule has 3 aromatic rings. The zero-order valence-electron chi connectivity index (χ0n) is 14.0. The van der Waals surface area contributed by atoms with Crippen molar-refractivity contribution in [2.75, 3.05) is 5.32 Å². The van der Waals surface area contributed by atoms with Gasteiger partial charge in [0.2, 0.25) is 0 Å². The summed E-state index contributed by atoms with van der Waals surface area (Å²) < 4.78 is 5.56. The minimum absolute atomic E-state index is 0.116. The van der Waals surface area contributed by atoms with Gasteiger partial charge in [0.25, 0.3) is 11.1 Å². The van der Waals surface area contributed by atoms with Crippen molar-refractivity contribution in [3.63, 3.8) is 0 Å². The van der Waals surface area contributed by atoms with Gasteiger partial charge in [-0.25, -0.2) is 9.78 Å². The number of aromatic nitrogens is 1. The molecular weight excluding hydrogens is 338 g/mol. The minimum Gasteiger partial charge on any atom is -0.381 e. The van der Waals surface area contributed by atoms with Crippen molar-refractivity contribution in [1.29, 1.82) is 0 Å². The van der Waals surface area contributed by atoms with Crippen LogP contribution in [0.5, 0.6) is 5.19 Å². The number of anilines is 1. The second-order valence-corrected chi connectivity index (χ2v) is 6.77. The molecule has 3 N–H and O–H groups in total. The van der Waals surface area contributed by atoms with E-state index in [-0.39, 0.29) is 11.1 Å². The van der Waals surface area contributed by atoms with Crippen molar-refractivity contribution in [3.05, 3.63) is 52.6 Å². The summed E-state index contributed by atoms with van der Waals surface area (Å²) in [5, 5.41) is 3.07. The second-order valence-electron chi connectivity index (χ2n) is 5.78. The number of hydrogen-bond acceptors (Lipinski definition) is 5. The number of thiazole rings is 1. The highest BCUT2D eigenvalue weighted by molar-refractivity contribution is 7.20. The van der Waals surface area contributed by atoms with Gasteiger partial charge in [-0.15, -0.1) is 0 Å². The molecule has 0 aliphatic carbocycles. The number of carbonyl (C=O) groups excluding carboxylic acids is 2. The molecule has 1 heterocycles. The minimum atomic E-state index is -0.934. The molecule has 128 valence electrons. The number of nitrogens with zero attached hydrogens (tertiary/aromatic N) is 1. The normalized spacial score (nSPS) is 10.7. The van der Waals surface area contributed by atoms with Gasteiger partial charge in [-0.05, 0) is 44.0 Å². The second kappa shape index (κ2) is 6.52. The Morgan fingerprint density at radius 3 is 2.48 bits per heavy atom. The molecule has 0 radical (unpaired) electrons. The lowest BCUT2D eigenvalue weighted by molar-refractivity contribution is 0.102. The Bertz CT molecular complexity index is 971. The van der Waals surface area contributed by atoms with E-state index < -0.39 is 6.09 Å². The summed E-state index contributed by atoms with van der Waals surface area (Å²) in [7, 11) is 0. The van der Waals surface area contributed by atoms with E-state index in [1.165, 1.54) is 0 Å². The van der Waals surface area contributed by atoms with Crippen LogP contribution < -0.4 is 15.8 Å². The van der Waals surface area contributed by atoms with Crippen molar-refractivity contribution in [2.24, 2.45) is 5.73 Å². The zero-order valence-corrected chi connectivity index (χ0v) is 14.9. The number of carbonyl (C=O) groups is 2. The van der Waals surface area contributed by atoms with Crippen LogP contribution in [-0.2, 0) is 0 Å². The van der Waals surface area contributed by atoms with E-state index in [1.807, 2.05) is 32.9 Å². The van der Waals surface area contributed by atoms with Crippen molar-refractivity contribution in [3.8, 4) is 5.19 Å². The summed E-state index contributed by atoms with van der Waals surface area (Å²) in [6, 6.07) is 9.29. The molecule has 2 amide bonds. The first kappa shape index (κ1) is 16.9. The van der Waals surface area contributed by atoms with E-state index >= 15 is 0 Å². The number of nitrogens with one attached hydrogen (secondary N) is 1. The first-order valence-electron chi connectivity index (χ1n) is 7.61. The maximum atomic E-state index is 12.8. The van der Waals surface area contributed by atoms with Gasteiger partial charge < -0.3 is 15.8 Å². The molecule has 0 saturated heterocycles. The van der Waals surface area contributed by atoms with E-state index in [2.05, 4.69) is 10.3 Å². The van der Waals surface area contributed by atoms with Gasteiger partial charge in [-0.1, -0.05) is 35.1 Å². The van der Waals surface area contributed by atoms with Crippen LogP contribution in [0.4, 0.5) is 10.5 Å². The van der Waals surface area contributed by atoms with E-state index in [0.29, 0.717) is 11.1 Å². The van der Waals surface area contributed by atoms with Crippen molar-refractivity contribution >= 4 is 39.2 Å². The molecule has 0 fully saturated rings. The lowest BCUT2D eigenvalue weighted by Crippen LogP contribution is -2.16. The van der Waals surface area contributed by atoms with Gasteiger partial charge in [0.1, 0.15) is 0 Å². The first-order chi connectivity index (χ1) is 11.8. The monoisotopic (exact) mass is 355 g/mol. The standard InChI is InChI=1S/C18H17N3O3S/c1-9-7-10(2)14(11(3)8-9)20-16(22)12-5-4-6-13-15(12)21-18(25-13)24-17(19)23/h4-8H,1-3H3,(H2,19,23)(H,20,22). The first-order valence-corrected chi connectivity index (χ1v) is 8.43. The third kappa shape index (κ3) is 3.46. The summed E-state index contributed by atoms with van der Waals surface area (Å²) >= 11 is 1.16. The number of fused-ring (bicyclic) bond motifs is 1. The number of aryl methyl sites for hydroxylation is 3. The molecular formula is C18H17N3O3S. The van der Waals surface area contributed by atoms with Gasteiger partial charge in [0, 0.05) is 5.69 Å². The number of rotatable bonds is 3. The van der Waals surface area contributed by atoms with Crippen molar-refractivity contribution < 1.29 is 14.3 Å². The molecule has 2 aromatic carbocycles. The SMILES string of the molecule is Cc1cc(C)c(NC(=O)c2cccc3sc(OC(N)=O)nc23)c(C)c1. The maximum absolute atomic E-state index is 12.8. The molecule has 0 aliphatic rings. The van der Waals surface area contributed by atoms with Crippen molar-refractivity contribution in [2.45, 2.75) is 20.8 Å². The summed E-state index contributed by atoms with van der Waals surface area (Å²) in [5.41, 5.74) is 9.82. The molecule has 7 heteroatoms. The van der Waals surface area contributed by atoms with Crippen LogP contribution in [0.1, 0.15) is 27.0 Å². The molecule has 6 nitrogen and oxygen atoms in total. The highest BCUT2D eigenvalue weighted by Gasteiger charge is 2.17. The predicted octanol–water partition coefficient (Wildman–Crippen LogP) is 3.93. The largest absolute Gasteiger partial charge is 0.411 e. The van der Waals surface area contributed by atoms with Gasteiger partial charge in [-0.3, -0.25) is 4.79 Å². The highest BCUT2D eigenvalue weighted by Crippen LogP contribution is 2.31. The molecule has 25 heavy (non-hydrogen) atoms. The van der Waals surface area contributed by atoms with E-state index in [4.69, 9.17) is 10.5 Å². The molecule has 3 rings (SSSR count). The van der Waals surface area contributed by atoms with Gasteiger partial charge in [0.05, 0.1) is 15.8 Å². The molecule has 0 unspecified atom stereocenters. The molecule has 0 saturated carbocycles. The topological polar surface area (TPSA) is 94.3 Å². The fourth-order valence-electron chi connectivity index (χ4n) is 2.80. The van der Waals surface area contributed by atoms with Crippen LogP contribution in [0.25, 0.3) is 10.2 Å². The Balaban J connectivity index is 1.97. The van der Waals surface area contributed by atoms with Crippen molar-refractivity contribution in [1.82, 2.24) is 4.98 Å². The number of amides is 2. The number of benzene rings is 2.